The highest BCUT2D eigenvalue weighted by Gasteiger charge is 2.23. The minimum atomic E-state index is 0.805. The summed E-state index contributed by atoms with van der Waals surface area (Å²) in [6.07, 6.45) is 3.68. The molecule has 0 amide bonds. The van der Waals surface area contributed by atoms with Crippen LogP contribution in [0.3, 0.4) is 0 Å². The smallest absolute Gasteiger partial charge is 0.123 e. The zero-order valence-electron chi connectivity index (χ0n) is 14.4. The molecule has 0 aliphatic carbocycles. The number of hydrogen-bond donors (Lipinski definition) is 0. The second kappa shape index (κ2) is 7.09. The fourth-order valence-corrected chi connectivity index (χ4v) is 2.86. The molecule has 0 saturated carbocycles. The van der Waals surface area contributed by atoms with E-state index in [4.69, 9.17) is 0 Å². The first kappa shape index (κ1) is 16.7. The molecule has 0 atom stereocenters. The fraction of sp³-hybridized carbons (Fsp3) is 0.263. The number of aryl methyl sites for hydroxylation is 1. The van der Waals surface area contributed by atoms with Crippen molar-refractivity contribution in [2.75, 3.05) is 7.05 Å². The highest BCUT2D eigenvalue weighted by Crippen LogP contribution is 2.35. The van der Waals surface area contributed by atoms with E-state index in [1.54, 1.807) is 0 Å². The molecule has 23 heavy (non-hydrogen) atoms. The number of hydrogen-bond acceptors (Lipinski definition) is 3. The van der Waals surface area contributed by atoms with Gasteiger partial charge < -0.3 is 4.90 Å². The number of benzene rings is 1. The minimum Gasteiger partial charge on any atom is -0.370 e. The standard InChI is InChI=1S/C17H18N4.C2H6/c1-5-13-15(6-2)20(3)11-12-9-7-8-10-14(12)17-16(13)18-19-21(17)4;1-2/h5-10H,1-2,11H2,3-4H3;1-2H3/b15-13-;. The first-order chi connectivity index (χ1) is 11.2. The molecule has 2 heterocycles. The second-order valence-corrected chi connectivity index (χ2v) is 5.13. The van der Waals surface area contributed by atoms with E-state index in [1.165, 1.54) is 5.56 Å². The van der Waals surface area contributed by atoms with Crippen molar-refractivity contribution in [3.8, 4) is 11.3 Å². The Kier molecular flexibility index (Phi) is 5.16. The molecule has 4 nitrogen and oxygen atoms in total. The van der Waals surface area contributed by atoms with Crippen molar-refractivity contribution in [3.63, 3.8) is 0 Å². The molecular weight excluding hydrogens is 284 g/mol. The van der Waals surface area contributed by atoms with E-state index in [9.17, 15) is 0 Å². The third-order valence-electron chi connectivity index (χ3n) is 3.85. The molecule has 120 valence electrons. The van der Waals surface area contributed by atoms with Gasteiger partial charge in [-0.2, -0.15) is 0 Å². The van der Waals surface area contributed by atoms with Gasteiger partial charge in [0.05, 0.1) is 5.69 Å². The minimum absolute atomic E-state index is 0.805. The van der Waals surface area contributed by atoms with Crippen molar-refractivity contribution in [2.45, 2.75) is 20.4 Å². The third-order valence-corrected chi connectivity index (χ3v) is 3.85. The van der Waals surface area contributed by atoms with Crippen molar-refractivity contribution >= 4 is 5.57 Å². The molecule has 0 radical (unpaired) electrons. The van der Waals surface area contributed by atoms with Crippen molar-refractivity contribution in [1.82, 2.24) is 19.9 Å². The molecule has 1 aromatic carbocycles. The number of likely N-dealkylation sites (N-methyl/N-ethyl adjacent to an activating group) is 1. The number of nitrogens with zero attached hydrogens (tertiary/aromatic N) is 4. The summed E-state index contributed by atoms with van der Waals surface area (Å²) >= 11 is 0. The van der Waals surface area contributed by atoms with Gasteiger partial charge in [0.2, 0.25) is 0 Å². The van der Waals surface area contributed by atoms with Crippen LogP contribution in [0.5, 0.6) is 0 Å². The predicted molar refractivity (Wildman–Crippen MR) is 96.6 cm³/mol. The predicted octanol–water partition coefficient (Wildman–Crippen LogP) is 4.04. The van der Waals surface area contributed by atoms with Gasteiger partial charge >= 0.3 is 0 Å². The van der Waals surface area contributed by atoms with E-state index < -0.39 is 0 Å². The molecule has 0 unspecified atom stereocenters. The quantitative estimate of drug-likeness (QED) is 0.839. The summed E-state index contributed by atoms with van der Waals surface area (Å²) in [7, 11) is 3.97. The number of rotatable bonds is 2. The van der Waals surface area contributed by atoms with Gasteiger partial charge in [0.25, 0.3) is 0 Å². The molecule has 0 fully saturated rings. The van der Waals surface area contributed by atoms with Crippen LogP contribution in [0.15, 0.2) is 55.3 Å². The highest BCUT2D eigenvalue weighted by molar-refractivity contribution is 5.85. The van der Waals surface area contributed by atoms with Gasteiger partial charge in [-0.25, -0.2) is 4.68 Å². The molecule has 0 bridgehead atoms. The van der Waals surface area contributed by atoms with Crippen LogP contribution in [-0.4, -0.2) is 26.9 Å². The normalized spacial score (nSPS) is 16.3. The number of aromatic nitrogens is 3. The van der Waals surface area contributed by atoms with Crippen LogP contribution in [0.25, 0.3) is 16.8 Å². The summed E-state index contributed by atoms with van der Waals surface area (Å²) in [6.45, 7) is 12.7. The summed E-state index contributed by atoms with van der Waals surface area (Å²) in [5.41, 5.74) is 6.25. The lowest BCUT2D eigenvalue weighted by molar-refractivity contribution is 0.426. The number of fused-ring (bicyclic) bond motifs is 3. The summed E-state index contributed by atoms with van der Waals surface area (Å²) in [5.74, 6) is 0. The van der Waals surface area contributed by atoms with Crippen molar-refractivity contribution < 1.29 is 0 Å². The Morgan fingerprint density at radius 3 is 2.43 bits per heavy atom. The largest absolute Gasteiger partial charge is 0.370 e. The zero-order valence-corrected chi connectivity index (χ0v) is 14.4. The van der Waals surface area contributed by atoms with E-state index in [0.29, 0.717) is 0 Å². The van der Waals surface area contributed by atoms with E-state index in [0.717, 1.165) is 34.8 Å². The lowest BCUT2D eigenvalue weighted by Crippen LogP contribution is -2.20. The van der Waals surface area contributed by atoms with Gasteiger partial charge in [-0.3, -0.25) is 0 Å². The molecule has 1 aliphatic heterocycles. The van der Waals surface area contributed by atoms with E-state index in [2.05, 4.69) is 53.6 Å². The van der Waals surface area contributed by atoms with Gasteiger partial charge in [0.15, 0.2) is 0 Å². The summed E-state index contributed by atoms with van der Waals surface area (Å²) < 4.78 is 1.82. The van der Waals surface area contributed by atoms with E-state index in [-0.39, 0.29) is 0 Å². The molecule has 0 N–H and O–H groups in total. The molecule has 3 rings (SSSR count). The van der Waals surface area contributed by atoms with Crippen LogP contribution < -0.4 is 0 Å². The molecule has 0 spiro atoms. The summed E-state index contributed by atoms with van der Waals surface area (Å²) in [5, 5.41) is 8.56. The van der Waals surface area contributed by atoms with Crippen LogP contribution in [0.4, 0.5) is 0 Å². The summed E-state index contributed by atoms with van der Waals surface area (Å²) in [4.78, 5) is 2.17. The zero-order chi connectivity index (χ0) is 17.0. The maximum absolute atomic E-state index is 4.35. The van der Waals surface area contributed by atoms with Gasteiger partial charge in [0, 0.05) is 37.5 Å². The van der Waals surface area contributed by atoms with Crippen LogP contribution in [0.2, 0.25) is 0 Å². The van der Waals surface area contributed by atoms with Crippen LogP contribution >= 0.6 is 0 Å². The first-order valence-electron chi connectivity index (χ1n) is 7.86. The maximum atomic E-state index is 4.35. The van der Waals surface area contributed by atoms with Crippen molar-refractivity contribution in [2.24, 2.45) is 7.05 Å². The van der Waals surface area contributed by atoms with E-state index in [1.807, 2.05) is 43.8 Å². The van der Waals surface area contributed by atoms with Crippen molar-refractivity contribution in [1.29, 1.82) is 0 Å². The van der Waals surface area contributed by atoms with Crippen molar-refractivity contribution in [3.05, 3.63) is 66.5 Å². The van der Waals surface area contributed by atoms with Gasteiger partial charge in [-0.15, -0.1) is 5.10 Å². The maximum Gasteiger partial charge on any atom is 0.123 e. The Morgan fingerprint density at radius 1 is 1.09 bits per heavy atom. The van der Waals surface area contributed by atoms with Gasteiger partial charge in [-0.1, -0.05) is 62.6 Å². The van der Waals surface area contributed by atoms with Crippen LogP contribution in [-0.2, 0) is 13.6 Å². The Morgan fingerprint density at radius 2 is 1.78 bits per heavy atom. The summed E-state index contributed by atoms with van der Waals surface area (Å²) in [6, 6.07) is 8.36. The van der Waals surface area contributed by atoms with E-state index >= 15 is 0 Å². The second-order valence-electron chi connectivity index (χ2n) is 5.13. The Balaban J connectivity index is 0.000000924. The highest BCUT2D eigenvalue weighted by atomic mass is 15.4. The first-order valence-corrected chi connectivity index (χ1v) is 7.86. The molecule has 4 heteroatoms. The van der Waals surface area contributed by atoms with Gasteiger partial charge in [0.1, 0.15) is 5.69 Å². The Labute approximate surface area is 138 Å². The lowest BCUT2D eigenvalue weighted by Gasteiger charge is -2.26. The Hall–Kier alpha value is -2.62. The average molecular weight is 308 g/mol. The third kappa shape index (κ3) is 2.84. The van der Waals surface area contributed by atoms with Crippen LogP contribution in [0.1, 0.15) is 25.1 Å². The van der Waals surface area contributed by atoms with Gasteiger partial charge in [-0.05, 0) is 11.6 Å². The number of allylic oxidation sites excluding steroid dienone is 3. The SMILES string of the molecule is C=C/C1=C(\C=C)N(C)Cc2ccccc2-c2c1nnn2C.CC. The molecular formula is C19H24N4. The average Bonchev–Trinajstić information content (AvgIpc) is 2.94. The van der Waals surface area contributed by atoms with Crippen LogP contribution in [0, 0.1) is 0 Å². The lowest BCUT2D eigenvalue weighted by atomic mass is 9.96. The fourth-order valence-electron chi connectivity index (χ4n) is 2.86. The molecule has 1 aromatic heterocycles. The topological polar surface area (TPSA) is 34.0 Å². The monoisotopic (exact) mass is 308 g/mol. The molecule has 2 aromatic rings. The molecule has 0 saturated heterocycles. The Bertz CT molecular complexity index is 752. The molecule has 1 aliphatic rings.